The highest BCUT2D eigenvalue weighted by molar-refractivity contribution is 6.51. The number of benzene rings is 2. The van der Waals surface area contributed by atoms with Crippen LogP contribution in [0.1, 0.15) is 35.6 Å². The molecule has 0 bridgehead atoms. The molecule has 2 aliphatic rings. The smallest absolute Gasteiger partial charge is 0.154 e. The largest absolute Gasteiger partial charge is 0.483 e. The molecule has 1 heterocycles. The Bertz CT molecular complexity index is 863. The summed E-state index contributed by atoms with van der Waals surface area (Å²) in [7, 11) is 0.912. The summed E-state index contributed by atoms with van der Waals surface area (Å²) >= 11 is 0. The van der Waals surface area contributed by atoms with Crippen LogP contribution in [0.25, 0.3) is 0 Å². The lowest BCUT2D eigenvalue weighted by Crippen LogP contribution is -2.49. The van der Waals surface area contributed by atoms with Crippen LogP contribution in [0.15, 0.2) is 42.5 Å². The van der Waals surface area contributed by atoms with Crippen LogP contribution in [0.5, 0.6) is 5.75 Å². The summed E-state index contributed by atoms with van der Waals surface area (Å²) in [5.41, 5.74) is 10.6. The number of hydrogen-bond acceptors (Lipinski definition) is 4. The molecule has 27 heavy (non-hydrogen) atoms. The third-order valence-electron chi connectivity index (χ3n) is 5.93. The summed E-state index contributed by atoms with van der Waals surface area (Å²) in [6.45, 7) is 4.07. The molecule has 2 N–H and O–H groups in total. The van der Waals surface area contributed by atoms with Gasteiger partial charge in [0.2, 0.25) is 0 Å². The van der Waals surface area contributed by atoms with Crippen LogP contribution >= 0.6 is 0 Å². The van der Waals surface area contributed by atoms with E-state index in [1.165, 1.54) is 11.1 Å². The van der Waals surface area contributed by atoms with Crippen molar-refractivity contribution in [2.75, 3.05) is 13.1 Å². The van der Waals surface area contributed by atoms with Gasteiger partial charge in [0.1, 0.15) is 17.9 Å². The zero-order chi connectivity index (χ0) is 18.8. The average Bonchev–Trinajstić information content (AvgIpc) is 3.07. The minimum atomic E-state index is -0.0638. The summed E-state index contributed by atoms with van der Waals surface area (Å²) in [6.07, 6.45) is 3.14. The molecule has 0 aromatic heterocycles. The molecule has 3 atom stereocenters. The second-order valence-corrected chi connectivity index (χ2v) is 7.70. The maximum absolute atomic E-state index is 9.60. The minimum Gasteiger partial charge on any atom is -0.483 e. The summed E-state index contributed by atoms with van der Waals surface area (Å²) in [5.74, 6) is 0.683. The third-order valence-corrected chi connectivity index (χ3v) is 5.93. The maximum Gasteiger partial charge on any atom is 0.154 e. The quantitative estimate of drug-likeness (QED) is 0.850. The molecule has 4 nitrogen and oxygen atoms in total. The van der Waals surface area contributed by atoms with E-state index < -0.39 is 0 Å². The van der Waals surface area contributed by atoms with Crippen molar-refractivity contribution in [2.45, 2.75) is 44.3 Å². The number of piperidine rings is 1. The molecule has 5 heteroatoms. The summed E-state index contributed by atoms with van der Waals surface area (Å²) in [6, 6.07) is 17.3. The molecule has 0 unspecified atom stereocenters. The summed E-state index contributed by atoms with van der Waals surface area (Å²) in [5, 5.41) is 9.60. The lowest BCUT2D eigenvalue weighted by atomic mass is 9.73. The standard InChI is InChI=1S/C22H26BN3O/c1-23-17-8-9-21(16(11-17)13-24)27-22-19-7-3-2-5-15(19)12-20(22)26-10-4-6-18(25)14-26/h2-3,5,7-9,11,18,20,22-23H,4,6,10,12,14,25H2,1H3/t18-,20-,22-/m1/s1. The average molecular weight is 359 g/mol. The number of nitrogens with two attached hydrogens (primary N) is 1. The molecule has 1 aliphatic carbocycles. The van der Waals surface area contributed by atoms with Gasteiger partial charge in [0.15, 0.2) is 7.28 Å². The number of ether oxygens (including phenoxy) is 1. The van der Waals surface area contributed by atoms with Gasteiger partial charge < -0.3 is 10.5 Å². The summed E-state index contributed by atoms with van der Waals surface area (Å²) < 4.78 is 6.52. The van der Waals surface area contributed by atoms with E-state index in [0.717, 1.165) is 45.1 Å². The Morgan fingerprint density at radius 2 is 2.11 bits per heavy atom. The van der Waals surface area contributed by atoms with Crippen molar-refractivity contribution in [2.24, 2.45) is 5.73 Å². The zero-order valence-corrected chi connectivity index (χ0v) is 15.9. The Morgan fingerprint density at radius 3 is 2.89 bits per heavy atom. The molecule has 4 rings (SSSR count). The molecule has 138 valence electrons. The number of likely N-dealkylation sites (tertiary alicyclic amines) is 1. The second kappa shape index (κ2) is 7.76. The van der Waals surface area contributed by atoms with Crippen molar-refractivity contribution < 1.29 is 4.74 Å². The molecule has 1 fully saturated rings. The third kappa shape index (κ3) is 3.60. The van der Waals surface area contributed by atoms with Gasteiger partial charge in [-0.1, -0.05) is 42.6 Å². The first kappa shape index (κ1) is 18.1. The van der Waals surface area contributed by atoms with Crippen molar-refractivity contribution in [3.8, 4) is 11.8 Å². The highest BCUT2D eigenvalue weighted by Crippen LogP contribution is 2.39. The van der Waals surface area contributed by atoms with Crippen LogP contribution in [0.4, 0.5) is 0 Å². The molecule has 1 aliphatic heterocycles. The fraction of sp³-hybridized carbons (Fsp3) is 0.409. The van der Waals surface area contributed by atoms with E-state index in [1.807, 2.05) is 12.1 Å². The first-order valence-electron chi connectivity index (χ1n) is 9.96. The molecule has 2 aromatic carbocycles. The molecule has 0 spiro atoms. The lowest BCUT2D eigenvalue weighted by Gasteiger charge is -2.38. The number of fused-ring (bicyclic) bond motifs is 1. The van der Waals surface area contributed by atoms with Gasteiger partial charge in [-0.2, -0.15) is 5.26 Å². The molecule has 1 saturated heterocycles. The van der Waals surface area contributed by atoms with E-state index in [0.29, 0.717) is 11.3 Å². The molecule has 2 aromatic rings. The fourth-order valence-corrected chi connectivity index (χ4v) is 4.47. The molecular weight excluding hydrogens is 333 g/mol. The molecular formula is C22H26BN3O. The summed E-state index contributed by atoms with van der Waals surface area (Å²) in [4.78, 5) is 2.49. The van der Waals surface area contributed by atoms with Crippen molar-refractivity contribution in [1.82, 2.24) is 4.90 Å². The lowest BCUT2D eigenvalue weighted by molar-refractivity contribution is 0.0591. The van der Waals surface area contributed by atoms with Crippen LogP contribution in [0.2, 0.25) is 6.82 Å². The number of hydrogen-bond donors (Lipinski definition) is 1. The van der Waals surface area contributed by atoms with E-state index in [-0.39, 0.29) is 18.2 Å². The van der Waals surface area contributed by atoms with Crippen molar-refractivity contribution in [3.05, 3.63) is 59.2 Å². The van der Waals surface area contributed by atoms with E-state index in [9.17, 15) is 5.26 Å². The Kier molecular flexibility index (Phi) is 5.20. The van der Waals surface area contributed by atoms with Crippen LogP contribution < -0.4 is 15.9 Å². The Morgan fingerprint density at radius 1 is 1.26 bits per heavy atom. The number of nitrogens with zero attached hydrogens (tertiary/aromatic N) is 2. The van der Waals surface area contributed by atoms with E-state index in [1.54, 1.807) is 0 Å². The normalized spacial score (nSPS) is 24.9. The second-order valence-electron chi connectivity index (χ2n) is 7.70. The molecule has 0 saturated carbocycles. The van der Waals surface area contributed by atoms with Gasteiger partial charge in [-0.3, -0.25) is 4.90 Å². The zero-order valence-electron chi connectivity index (χ0n) is 15.9. The first-order valence-corrected chi connectivity index (χ1v) is 9.96. The van der Waals surface area contributed by atoms with Gasteiger partial charge in [0.25, 0.3) is 0 Å². The number of nitriles is 1. The highest BCUT2D eigenvalue weighted by atomic mass is 16.5. The van der Waals surface area contributed by atoms with Crippen LogP contribution in [0, 0.1) is 11.3 Å². The monoisotopic (exact) mass is 359 g/mol. The van der Waals surface area contributed by atoms with Gasteiger partial charge in [0.05, 0.1) is 11.6 Å². The number of rotatable bonds is 4. The highest BCUT2D eigenvalue weighted by Gasteiger charge is 2.39. The van der Waals surface area contributed by atoms with E-state index >= 15 is 0 Å². The predicted molar refractivity (Wildman–Crippen MR) is 110 cm³/mol. The van der Waals surface area contributed by atoms with Gasteiger partial charge in [-0.25, -0.2) is 0 Å². The van der Waals surface area contributed by atoms with E-state index in [2.05, 4.69) is 48.1 Å². The van der Waals surface area contributed by atoms with Gasteiger partial charge in [-0.15, -0.1) is 0 Å². The van der Waals surface area contributed by atoms with Crippen molar-refractivity contribution in [3.63, 3.8) is 0 Å². The topological polar surface area (TPSA) is 62.3 Å². The Hall–Kier alpha value is -2.29. The fourth-order valence-electron chi connectivity index (χ4n) is 4.47. The SMILES string of the molecule is CBc1ccc(O[C@@H]2c3ccccc3C[C@H]2N2CCC[C@@H](N)C2)c(C#N)c1. The molecule has 0 amide bonds. The van der Waals surface area contributed by atoms with Gasteiger partial charge in [-0.05, 0) is 49.1 Å². The van der Waals surface area contributed by atoms with Crippen LogP contribution in [-0.4, -0.2) is 37.4 Å². The van der Waals surface area contributed by atoms with E-state index in [4.69, 9.17) is 10.5 Å². The van der Waals surface area contributed by atoms with Gasteiger partial charge >= 0.3 is 0 Å². The first-order chi connectivity index (χ1) is 13.2. The minimum absolute atomic E-state index is 0.0638. The van der Waals surface area contributed by atoms with Crippen molar-refractivity contribution in [1.29, 1.82) is 5.26 Å². The van der Waals surface area contributed by atoms with Crippen molar-refractivity contribution >= 4 is 12.7 Å². The Labute approximate surface area is 162 Å². The molecule has 0 radical (unpaired) electrons. The Balaban J connectivity index is 1.66. The van der Waals surface area contributed by atoms with Crippen LogP contribution in [0.3, 0.4) is 0 Å². The maximum atomic E-state index is 9.60. The van der Waals surface area contributed by atoms with Crippen LogP contribution in [-0.2, 0) is 6.42 Å². The van der Waals surface area contributed by atoms with Gasteiger partial charge in [0, 0.05) is 12.6 Å². The predicted octanol–water partition coefficient (Wildman–Crippen LogP) is 2.14.